The van der Waals surface area contributed by atoms with Gasteiger partial charge in [-0.2, -0.15) is 0 Å². The van der Waals surface area contributed by atoms with E-state index in [0.717, 1.165) is 43.0 Å². The van der Waals surface area contributed by atoms with Crippen LogP contribution in [0.2, 0.25) is 0 Å². The number of quaternary nitrogens is 2. The molecular formula is C19H32N4O2+2. The molecule has 2 amide bonds. The normalized spacial score (nSPS) is 21.5. The monoisotopic (exact) mass is 348 g/mol. The molecule has 25 heavy (non-hydrogen) atoms. The van der Waals surface area contributed by atoms with Crippen molar-refractivity contribution in [1.29, 1.82) is 0 Å². The van der Waals surface area contributed by atoms with Crippen molar-refractivity contribution in [3.63, 3.8) is 0 Å². The summed E-state index contributed by atoms with van der Waals surface area (Å²) in [5, 5.41) is 5.80. The van der Waals surface area contributed by atoms with Gasteiger partial charge in [0.15, 0.2) is 12.6 Å². The Balaban J connectivity index is 1.92. The summed E-state index contributed by atoms with van der Waals surface area (Å²) in [7, 11) is 1.67. The summed E-state index contributed by atoms with van der Waals surface area (Å²) in [5.74, 6) is 0.148. The van der Waals surface area contributed by atoms with Gasteiger partial charge in [-0.05, 0) is 38.8 Å². The van der Waals surface area contributed by atoms with Crippen molar-refractivity contribution in [1.82, 2.24) is 5.32 Å². The standard InChI is InChI=1S/C19H30N4O2/c1-13-10-14(2)18(15(3)11-13)21-19(25)16(4)23-8-6-22(7-9-23)12-17(24)20-5/h10-11,16H,6-9,12H2,1-5H3,(H,20,24)(H,21,25)/p+2/t16-/m1/s1. The van der Waals surface area contributed by atoms with Crippen LogP contribution in [0.4, 0.5) is 5.69 Å². The van der Waals surface area contributed by atoms with Crippen LogP contribution in [0.3, 0.4) is 0 Å². The first kappa shape index (κ1) is 19.4. The number of hydrogen-bond acceptors (Lipinski definition) is 2. The van der Waals surface area contributed by atoms with E-state index in [2.05, 4.69) is 29.7 Å². The summed E-state index contributed by atoms with van der Waals surface area (Å²) in [6.45, 7) is 12.3. The number of nitrogens with one attached hydrogen (secondary N) is 4. The van der Waals surface area contributed by atoms with E-state index in [1.165, 1.54) is 15.4 Å². The zero-order valence-electron chi connectivity index (χ0n) is 16.1. The zero-order valence-corrected chi connectivity index (χ0v) is 16.1. The first-order chi connectivity index (χ1) is 11.8. The number of benzene rings is 1. The van der Waals surface area contributed by atoms with Crippen molar-refractivity contribution in [2.75, 3.05) is 45.1 Å². The average Bonchev–Trinajstić information content (AvgIpc) is 2.57. The van der Waals surface area contributed by atoms with Crippen LogP contribution >= 0.6 is 0 Å². The van der Waals surface area contributed by atoms with Crippen LogP contribution in [0.1, 0.15) is 23.6 Å². The molecule has 1 aliphatic rings. The predicted octanol–water partition coefficient (Wildman–Crippen LogP) is -1.53. The number of carbonyl (C=O) groups is 2. The number of rotatable bonds is 5. The lowest BCUT2D eigenvalue weighted by molar-refractivity contribution is -1.01. The third-order valence-electron chi connectivity index (χ3n) is 5.22. The molecule has 6 heteroatoms. The maximum atomic E-state index is 12.7. The molecule has 1 aliphatic heterocycles. The highest BCUT2D eigenvalue weighted by atomic mass is 16.2. The molecule has 0 saturated carbocycles. The van der Waals surface area contributed by atoms with Crippen molar-refractivity contribution < 1.29 is 19.4 Å². The van der Waals surface area contributed by atoms with Crippen LogP contribution in [-0.4, -0.2) is 57.6 Å². The second-order valence-electron chi connectivity index (χ2n) is 7.24. The highest BCUT2D eigenvalue weighted by Crippen LogP contribution is 2.21. The Morgan fingerprint density at radius 2 is 1.64 bits per heavy atom. The molecule has 1 fully saturated rings. The fraction of sp³-hybridized carbons (Fsp3) is 0.579. The Morgan fingerprint density at radius 3 is 2.16 bits per heavy atom. The number of anilines is 1. The third kappa shape index (κ3) is 5.03. The highest BCUT2D eigenvalue weighted by molar-refractivity contribution is 5.95. The molecule has 0 spiro atoms. The Morgan fingerprint density at radius 1 is 1.08 bits per heavy atom. The summed E-state index contributed by atoms with van der Waals surface area (Å²) < 4.78 is 0. The fourth-order valence-corrected chi connectivity index (χ4v) is 3.64. The van der Waals surface area contributed by atoms with Crippen molar-refractivity contribution in [2.24, 2.45) is 0 Å². The molecule has 138 valence electrons. The molecule has 1 aromatic rings. The molecule has 1 aromatic carbocycles. The molecule has 4 N–H and O–H groups in total. The zero-order chi connectivity index (χ0) is 18.6. The van der Waals surface area contributed by atoms with Gasteiger partial charge in [0.1, 0.15) is 26.2 Å². The third-order valence-corrected chi connectivity index (χ3v) is 5.22. The lowest BCUT2D eigenvalue weighted by atomic mass is 10.0. The molecule has 1 saturated heterocycles. The summed E-state index contributed by atoms with van der Waals surface area (Å²) in [6, 6.07) is 4.10. The molecule has 0 bridgehead atoms. The van der Waals surface area contributed by atoms with Gasteiger partial charge in [0, 0.05) is 12.7 Å². The molecule has 1 atom stereocenters. The number of aryl methyl sites for hydroxylation is 3. The lowest BCUT2D eigenvalue weighted by Crippen LogP contribution is -3.30. The van der Waals surface area contributed by atoms with E-state index >= 15 is 0 Å². The van der Waals surface area contributed by atoms with E-state index in [-0.39, 0.29) is 17.9 Å². The van der Waals surface area contributed by atoms with E-state index in [1.54, 1.807) is 7.05 Å². The van der Waals surface area contributed by atoms with E-state index in [1.807, 2.05) is 20.8 Å². The molecule has 0 aliphatic carbocycles. The highest BCUT2D eigenvalue weighted by Gasteiger charge is 2.31. The quantitative estimate of drug-likeness (QED) is 0.522. The van der Waals surface area contributed by atoms with Crippen molar-refractivity contribution in [3.05, 3.63) is 28.8 Å². The molecule has 0 radical (unpaired) electrons. The number of hydrogen-bond donors (Lipinski definition) is 4. The number of amides is 2. The maximum absolute atomic E-state index is 12.7. The van der Waals surface area contributed by atoms with E-state index in [0.29, 0.717) is 6.54 Å². The molecule has 0 aromatic heterocycles. The topological polar surface area (TPSA) is 67.1 Å². The Hall–Kier alpha value is -1.92. The van der Waals surface area contributed by atoms with Crippen molar-refractivity contribution >= 4 is 17.5 Å². The van der Waals surface area contributed by atoms with Gasteiger partial charge in [0.25, 0.3) is 11.8 Å². The summed E-state index contributed by atoms with van der Waals surface area (Å²) in [4.78, 5) is 26.8. The summed E-state index contributed by atoms with van der Waals surface area (Å²) in [6.07, 6.45) is 0. The van der Waals surface area contributed by atoms with Crippen LogP contribution in [-0.2, 0) is 9.59 Å². The van der Waals surface area contributed by atoms with Gasteiger partial charge in [0.2, 0.25) is 0 Å². The SMILES string of the molecule is CNC(=O)C[NH+]1CC[NH+]([C@H](C)C(=O)Nc2c(C)cc(C)cc2C)CC1. The minimum absolute atomic E-state index is 0.0693. The first-order valence-corrected chi connectivity index (χ1v) is 9.09. The molecule has 6 nitrogen and oxygen atoms in total. The van der Waals surface area contributed by atoms with Crippen LogP contribution < -0.4 is 20.4 Å². The summed E-state index contributed by atoms with van der Waals surface area (Å²) in [5.41, 5.74) is 4.35. The van der Waals surface area contributed by atoms with Gasteiger partial charge in [0.05, 0.1) is 0 Å². The van der Waals surface area contributed by atoms with Crippen LogP contribution in [0, 0.1) is 20.8 Å². The van der Waals surface area contributed by atoms with Crippen molar-refractivity contribution in [2.45, 2.75) is 33.7 Å². The van der Waals surface area contributed by atoms with Crippen LogP contribution in [0.5, 0.6) is 0 Å². The van der Waals surface area contributed by atoms with Crippen LogP contribution in [0.25, 0.3) is 0 Å². The molecule has 0 unspecified atom stereocenters. The Bertz CT molecular complexity index is 613. The van der Waals surface area contributed by atoms with Gasteiger partial charge in [-0.3, -0.25) is 9.59 Å². The smallest absolute Gasteiger partial charge is 0.282 e. The minimum atomic E-state index is -0.0957. The lowest BCUT2D eigenvalue weighted by Gasteiger charge is -2.32. The minimum Gasteiger partial charge on any atom is -0.354 e. The average molecular weight is 348 g/mol. The predicted molar refractivity (Wildman–Crippen MR) is 99.1 cm³/mol. The fourth-order valence-electron chi connectivity index (χ4n) is 3.64. The molecule has 2 rings (SSSR count). The molecule has 1 heterocycles. The maximum Gasteiger partial charge on any atom is 0.282 e. The van der Waals surface area contributed by atoms with Gasteiger partial charge in [-0.25, -0.2) is 0 Å². The second kappa shape index (κ2) is 8.45. The largest absolute Gasteiger partial charge is 0.354 e. The second-order valence-corrected chi connectivity index (χ2v) is 7.24. The Kier molecular flexibility index (Phi) is 6.56. The van der Waals surface area contributed by atoms with E-state index < -0.39 is 0 Å². The molecular weight excluding hydrogens is 316 g/mol. The van der Waals surface area contributed by atoms with E-state index in [4.69, 9.17) is 0 Å². The van der Waals surface area contributed by atoms with Crippen molar-refractivity contribution in [3.8, 4) is 0 Å². The summed E-state index contributed by atoms with van der Waals surface area (Å²) >= 11 is 0. The first-order valence-electron chi connectivity index (χ1n) is 9.09. The van der Waals surface area contributed by atoms with Gasteiger partial charge in [-0.1, -0.05) is 17.7 Å². The number of likely N-dealkylation sites (N-methyl/N-ethyl adjacent to an activating group) is 1. The van der Waals surface area contributed by atoms with Gasteiger partial charge < -0.3 is 20.4 Å². The number of carbonyl (C=O) groups excluding carboxylic acids is 2. The van der Waals surface area contributed by atoms with Gasteiger partial charge >= 0.3 is 0 Å². The van der Waals surface area contributed by atoms with E-state index in [9.17, 15) is 9.59 Å². The number of piperazine rings is 1. The van der Waals surface area contributed by atoms with Crippen LogP contribution in [0.15, 0.2) is 12.1 Å². The van der Waals surface area contributed by atoms with Gasteiger partial charge in [-0.15, -0.1) is 0 Å². The Labute approximate surface area is 150 Å².